The molecule has 0 aliphatic heterocycles. The largest absolute Gasteiger partial charge is 0.431 e. The second-order valence-electron chi connectivity index (χ2n) is 4.52. The van der Waals surface area contributed by atoms with E-state index in [2.05, 4.69) is 5.16 Å². The first-order valence-electron chi connectivity index (χ1n) is 6.63. The number of halogens is 4. The fourth-order valence-electron chi connectivity index (χ4n) is 1.83. The van der Waals surface area contributed by atoms with E-state index >= 15 is 0 Å². The first-order chi connectivity index (χ1) is 11.2. The molecule has 0 unspecified atom stereocenters. The number of nitrogens with one attached hydrogen (secondary N) is 1. The predicted molar refractivity (Wildman–Crippen MR) is 81.9 cm³/mol. The molecule has 0 spiro atoms. The van der Waals surface area contributed by atoms with Gasteiger partial charge in [0.25, 0.3) is 5.56 Å². The zero-order chi connectivity index (χ0) is 17.9. The molecule has 0 atom stereocenters. The summed E-state index contributed by atoms with van der Waals surface area (Å²) in [5.74, 6) is 0. The molecular weight excluding hydrogens is 351 g/mol. The smallest absolute Gasteiger partial charge is 0.396 e. The summed E-state index contributed by atoms with van der Waals surface area (Å²) in [5.41, 5.74) is -3.39. The number of nitrogens with zero attached hydrogens (tertiary/aromatic N) is 2. The fourth-order valence-corrected chi connectivity index (χ4v) is 2.00. The molecule has 1 aromatic carbocycles. The molecule has 0 saturated carbocycles. The highest BCUT2D eigenvalue weighted by Gasteiger charge is 2.33. The number of alkyl halides is 3. The quantitative estimate of drug-likeness (QED) is 0.671. The van der Waals surface area contributed by atoms with Crippen LogP contribution in [0.1, 0.15) is 18.2 Å². The highest BCUT2D eigenvalue weighted by molar-refractivity contribution is 6.33. The van der Waals surface area contributed by atoms with E-state index in [9.17, 15) is 22.8 Å². The minimum Gasteiger partial charge on any atom is -0.396 e. The average molecular weight is 362 g/mol. The number of hydrogen-bond donors (Lipinski definition) is 1. The van der Waals surface area contributed by atoms with Crippen LogP contribution in [0.5, 0.6) is 0 Å². The molecule has 128 valence electrons. The van der Waals surface area contributed by atoms with Gasteiger partial charge in [-0.25, -0.2) is 9.36 Å². The summed E-state index contributed by atoms with van der Waals surface area (Å²) < 4.78 is 38.4. The monoisotopic (exact) mass is 361 g/mol. The van der Waals surface area contributed by atoms with Crippen LogP contribution >= 0.6 is 11.6 Å². The third-order valence-electron chi connectivity index (χ3n) is 2.87. The minimum atomic E-state index is -4.83. The SMILES string of the molecule is CCO/N=C/c1cc(-n2c(=O)cc(C(F)(F)F)[nH]c2=O)ccc1Cl. The molecule has 2 rings (SSSR count). The second-order valence-corrected chi connectivity index (χ2v) is 4.92. The van der Waals surface area contributed by atoms with Gasteiger partial charge in [0.2, 0.25) is 0 Å². The Labute approximate surface area is 138 Å². The van der Waals surface area contributed by atoms with Gasteiger partial charge in [0.05, 0.1) is 11.9 Å². The van der Waals surface area contributed by atoms with E-state index in [0.29, 0.717) is 22.8 Å². The van der Waals surface area contributed by atoms with Crippen molar-refractivity contribution in [2.45, 2.75) is 13.1 Å². The van der Waals surface area contributed by atoms with Crippen molar-refractivity contribution in [3.63, 3.8) is 0 Å². The molecule has 0 amide bonds. The Morgan fingerprint density at radius 1 is 1.33 bits per heavy atom. The Morgan fingerprint density at radius 3 is 2.62 bits per heavy atom. The molecule has 1 aromatic heterocycles. The molecule has 0 saturated heterocycles. The second kappa shape index (κ2) is 6.91. The number of H-pyrrole nitrogens is 1. The Morgan fingerprint density at radius 2 is 2.04 bits per heavy atom. The maximum atomic E-state index is 12.6. The van der Waals surface area contributed by atoms with Crippen molar-refractivity contribution >= 4 is 17.8 Å². The van der Waals surface area contributed by atoms with Gasteiger partial charge in [0.1, 0.15) is 12.3 Å². The first-order valence-corrected chi connectivity index (χ1v) is 7.00. The van der Waals surface area contributed by atoms with Crippen LogP contribution < -0.4 is 11.2 Å². The Hall–Kier alpha value is -2.55. The van der Waals surface area contributed by atoms with Crippen molar-refractivity contribution in [1.29, 1.82) is 0 Å². The van der Waals surface area contributed by atoms with Crippen LogP contribution in [0.4, 0.5) is 13.2 Å². The zero-order valence-electron chi connectivity index (χ0n) is 12.2. The summed E-state index contributed by atoms with van der Waals surface area (Å²) in [6.45, 7) is 2.04. The van der Waals surface area contributed by atoms with Gasteiger partial charge in [-0.2, -0.15) is 13.2 Å². The maximum absolute atomic E-state index is 12.6. The summed E-state index contributed by atoms with van der Waals surface area (Å²) in [4.78, 5) is 30.2. The average Bonchev–Trinajstić information content (AvgIpc) is 2.48. The van der Waals surface area contributed by atoms with Gasteiger partial charge < -0.3 is 9.82 Å². The van der Waals surface area contributed by atoms with Gasteiger partial charge in [-0.15, -0.1) is 0 Å². The summed E-state index contributed by atoms with van der Waals surface area (Å²) in [7, 11) is 0. The summed E-state index contributed by atoms with van der Waals surface area (Å²) >= 11 is 5.96. The van der Waals surface area contributed by atoms with Crippen LogP contribution in [0.2, 0.25) is 5.02 Å². The maximum Gasteiger partial charge on any atom is 0.431 e. The molecule has 1 heterocycles. The zero-order valence-corrected chi connectivity index (χ0v) is 13.0. The van der Waals surface area contributed by atoms with Crippen molar-refractivity contribution in [3.8, 4) is 5.69 Å². The molecule has 0 aliphatic carbocycles. The molecule has 0 fully saturated rings. The van der Waals surface area contributed by atoms with E-state index in [4.69, 9.17) is 16.4 Å². The van der Waals surface area contributed by atoms with Gasteiger partial charge in [-0.3, -0.25) is 4.79 Å². The highest BCUT2D eigenvalue weighted by atomic mass is 35.5. The van der Waals surface area contributed by atoms with Crippen molar-refractivity contribution in [1.82, 2.24) is 9.55 Å². The first kappa shape index (κ1) is 17.8. The lowest BCUT2D eigenvalue weighted by Crippen LogP contribution is -2.35. The van der Waals surface area contributed by atoms with Crippen LogP contribution in [-0.4, -0.2) is 22.4 Å². The van der Waals surface area contributed by atoms with Crippen LogP contribution in [0.15, 0.2) is 39.0 Å². The van der Waals surface area contributed by atoms with E-state index in [-0.39, 0.29) is 10.7 Å². The Balaban J connectivity index is 2.55. The predicted octanol–water partition coefficient (Wildman–Crippen LogP) is 2.57. The van der Waals surface area contributed by atoms with Crippen LogP contribution in [0, 0.1) is 0 Å². The van der Waals surface area contributed by atoms with Gasteiger partial charge in [-0.05, 0) is 25.1 Å². The summed E-state index contributed by atoms with van der Waals surface area (Å²) in [5, 5.41) is 3.88. The van der Waals surface area contributed by atoms with Gasteiger partial charge in [0, 0.05) is 16.7 Å². The molecule has 0 aliphatic rings. The van der Waals surface area contributed by atoms with Gasteiger partial charge in [0.15, 0.2) is 0 Å². The number of rotatable bonds is 4. The summed E-state index contributed by atoms with van der Waals surface area (Å²) in [6.07, 6.45) is -3.56. The topological polar surface area (TPSA) is 76.5 Å². The van der Waals surface area contributed by atoms with E-state index in [1.807, 2.05) is 0 Å². The van der Waals surface area contributed by atoms with Gasteiger partial charge in [-0.1, -0.05) is 16.8 Å². The molecule has 6 nitrogen and oxygen atoms in total. The van der Waals surface area contributed by atoms with E-state index in [1.165, 1.54) is 24.4 Å². The number of benzene rings is 1. The lowest BCUT2D eigenvalue weighted by Gasteiger charge is -2.09. The lowest BCUT2D eigenvalue weighted by molar-refractivity contribution is -0.141. The molecule has 0 radical (unpaired) electrons. The van der Waals surface area contributed by atoms with E-state index in [0.717, 1.165) is 0 Å². The van der Waals surface area contributed by atoms with Crippen LogP contribution in [-0.2, 0) is 11.0 Å². The Kier molecular flexibility index (Phi) is 5.13. The number of aromatic amines is 1. The molecule has 0 bridgehead atoms. The van der Waals surface area contributed by atoms with Gasteiger partial charge >= 0.3 is 11.9 Å². The van der Waals surface area contributed by atoms with Crippen molar-refractivity contribution in [2.24, 2.45) is 5.16 Å². The lowest BCUT2D eigenvalue weighted by atomic mass is 10.2. The normalized spacial score (nSPS) is 11.9. The molecule has 10 heteroatoms. The molecular formula is C14H11ClF3N3O3. The minimum absolute atomic E-state index is 0.0392. The van der Waals surface area contributed by atoms with Crippen LogP contribution in [0.3, 0.4) is 0 Å². The Bertz CT molecular complexity index is 856. The molecule has 1 N–H and O–H groups in total. The number of hydrogen-bond acceptors (Lipinski definition) is 4. The highest BCUT2D eigenvalue weighted by Crippen LogP contribution is 2.25. The van der Waals surface area contributed by atoms with Crippen molar-refractivity contribution in [3.05, 3.63) is 61.4 Å². The standard InChI is InChI=1S/C14H11ClF3N3O3/c1-2-24-19-7-8-5-9(3-4-10(8)15)21-12(22)6-11(14(16,17)18)20-13(21)23/h3-7H,2H2,1H3,(H,20,23)/b19-7+. The van der Waals surface area contributed by atoms with Crippen LogP contribution in [0.25, 0.3) is 5.69 Å². The third-order valence-corrected chi connectivity index (χ3v) is 3.22. The van der Waals surface area contributed by atoms with Crippen molar-refractivity contribution in [2.75, 3.05) is 6.61 Å². The fraction of sp³-hybridized carbons (Fsp3) is 0.214. The summed E-state index contributed by atoms with van der Waals surface area (Å²) in [6, 6.07) is 4.34. The third kappa shape index (κ3) is 3.85. The molecule has 2 aromatic rings. The molecule has 24 heavy (non-hydrogen) atoms. The van der Waals surface area contributed by atoms with E-state index in [1.54, 1.807) is 11.9 Å². The number of aromatic nitrogens is 2. The van der Waals surface area contributed by atoms with E-state index < -0.39 is 23.1 Å². The van der Waals surface area contributed by atoms with Crippen molar-refractivity contribution < 1.29 is 18.0 Å². The number of oxime groups is 1.